The molecule has 0 saturated heterocycles. The number of carbonyl (C=O) groups is 1. The molecule has 0 aliphatic heterocycles. The topological polar surface area (TPSA) is 62.1 Å². The van der Waals surface area contributed by atoms with Crippen LogP contribution in [0.3, 0.4) is 0 Å². The normalized spacial score (nSPS) is 34.9. The first-order valence-electron chi connectivity index (χ1n) is 7.68. The van der Waals surface area contributed by atoms with Crippen LogP contribution in [0.2, 0.25) is 0 Å². The second kappa shape index (κ2) is 4.77. The van der Waals surface area contributed by atoms with Crippen molar-refractivity contribution < 1.29 is 9.53 Å². The lowest BCUT2D eigenvalue weighted by molar-refractivity contribution is -0.123. The van der Waals surface area contributed by atoms with Crippen LogP contribution >= 0.6 is 0 Å². The Hall–Kier alpha value is -2.02. The Labute approximate surface area is 124 Å². The average Bonchev–Trinajstić information content (AvgIpc) is 2.90. The van der Waals surface area contributed by atoms with E-state index in [0.29, 0.717) is 17.4 Å². The Morgan fingerprint density at radius 2 is 1.90 bits per heavy atom. The smallest absolute Gasteiger partial charge is 0.258 e. The molecule has 4 heteroatoms. The maximum absolute atomic E-state index is 12.0. The number of ether oxygens (including phenoxy) is 1. The fourth-order valence-corrected chi connectivity index (χ4v) is 4.52. The molecule has 0 heterocycles. The summed E-state index contributed by atoms with van der Waals surface area (Å²) >= 11 is 0. The van der Waals surface area contributed by atoms with E-state index in [9.17, 15) is 4.79 Å². The summed E-state index contributed by atoms with van der Waals surface area (Å²) in [6.07, 6.45) is 4.11. The van der Waals surface area contributed by atoms with Crippen LogP contribution in [-0.4, -0.2) is 18.6 Å². The number of hydrogen-bond donors (Lipinski definition) is 1. The maximum Gasteiger partial charge on any atom is 0.258 e. The molecule has 1 aromatic carbocycles. The first kappa shape index (κ1) is 12.7. The third kappa shape index (κ3) is 2.17. The van der Waals surface area contributed by atoms with Gasteiger partial charge in [0.1, 0.15) is 5.75 Å². The van der Waals surface area contributed by atoms with Crippen molar-refractivity contribution in [2.75, 3.05) is 6.61 Å². The van der Waals surface area contributed by atoms with Crippen molar-refractivity contribution in [2.24, 2.45) is 23.7 Å². The van der Waals surface area contributed by atoms with Crippen LogP contribution in [0.4, 0.5) is 0 Å². The summed E-state index contributed by atoms with van der Waals surface area (Å²) in [6.45, 7) is 0.0528. The van der Waals surface area contributed by atoms with Crippen LogP contribution in [0.1, 0.15) is 24.8 Å². The first-order valence-corrected chi connectivity index (χ1v) is 7.68. The van der Waals surface area contributed by atoms with Gasteiger partial charge in [0, 0.05) is 6.04 Å². The van der Waals surface area contributed by atoms with E-state index in [2.05, 4.69) is 11.4 Å². The van der Waals surface area contributed by atoms with Crippen LogP contribution < -0.4 is 10.1 Å². The van der Waals surface area contributed by atoms with E-state index in [0.717, 1.165) is 23.7 Å². The van der Waals surface area contributed by atoms with Gasteiger partial charge in [-0.15, -0.1) is 0 Å². The number of fused-ring (bicyclic) bond motifs is 5. The van der Waals surface area contributed by atoms with Gasteiger partial charge in [-0.25, -0.2) is 0 Å². The molecule has 108 valence electrons. The third-order valence-corrected chi connectivity index (χ3v) is 5.42. The number of hydrogen-bond acceptors (Lipinski definition) is 3. The number of nitriles is 1. The number of benzene rings is 1. The predicted molar refractivity (Wildman–Crippen MR) is 76.4 cm³/mol. The van der Waals surface area contributed by atoms with Crippen LogP contribution in [0.25, 0.3) is 0 Å². The molecule has 0 spiro atoms. The summed E-state index contributed by atoms with van der Waals surface area (Å²) in [5.41, 5.74) is 0.591. The Kier molecular flexibility index (Phi) is 2.88. The molecule has 4 rings (SSSR count). The minimum absolute atomic E-state index is 0.0295. The van der Waals surface area contributed by atoms with E-state index in [-0.39, 0.29) is 12.5 Å². The molecular formula is C17H18N2O2. The summed E-state index contributed by atoms with van der Waals surface area (Å²) in [5, 5.41) is 11.9. The number of nitrogens with one attached hydrogen (secondary N) is 1. The van der Waals surface area contributed by atoms with Crippen molar-refractivity contribution in [2.45, 2.75) is 25.3 Å². The van der Waals surface area contributed by atoms with Crippen molar-refractivity contribution in [3.8, 4) is 11.8 Å². The zero-order valence-corrected chi connectivity index (χ0v) is 11.8. The van der Waals surface area contributed by atoms with Crippen LogP contribution in [0, 0.1) is 35.0 Å². The molecule has 3 aliphatic rings. The van der Waals surface area contributed by atoms with E-state index in [4.69, 9.17) is 10.00 Å². The van der Waals surface area contributed by atoms with E-state index in [1.165, 1.54) is 19.3 Å². The summed E-state index contributed by atoms with van der Waals surface area (Å²) in [4.78, 5) is 12.0. The van der Waals surface area contributed by atoms with Gasteiger partial charge < -0.3 is 10.1 Å². The molecule has 3 fully saturated rings. The molecule has 4 atom stereocenters. The number of amides is 1. The summed E-state index contributed by atoms with van der Waals surface area (Å²) in [5.74, 6) is 3.83. The monoisotopic (exact) mass is 282 g/mol. The molecule has 1 N–H and O–H groups in total. The molecule has 3 saturated carbocycles. The van der Waals surface area contributed by atoms with Gasteiger partial charge in [0.25, 0.3) is 5.91 Å². The molecule has 1 aromatic rings. The fraction of sp³-hybridized carbons (Fsp3) is 0.529. The van der Waals surface area contributed by atoms with Gasteiger partial charge in [0.2, 0.25) is 0 Å². The lowest BCUT2D eigenvalue weighted by Gasteiger charge is -2.11. The van der Waals surface area contributed by atoms with Gasteiger partial charge in [-0.05, 0) is 67.2 Å². The number of carbonyl (C=O) groups excluding carboxylic acids is 1. The van der Waals surface area contributed by atoms with Crippen molar-refractivity contribution in [1.29, 1.82) is 5.26 Å². The second-order valence-corrected chi connectivity index (χ2v) is 6.51. The molecule has 1 amide bonds. The van der Waals surface area contributed by atoms with Crippen LogP contribution in [-0.2, 0) is 4.79 Å². The van der Waals surface area contributed by atoms with Crippen molar-refractivity contribution in [1.82, 2.24) is 5.32 Å². The van der Waals surface area contributed by atoms with E-state index < -0.39 is 0 Å². The van der Waals surface area contributed by atoms with Gasteiger partial charge in [0.05, 0.1) is 11.6 Å². The molecule has 2 bridgehead atoms. The van der Waals surface area contributed by atoms with Gasteiger partial charge >= 0.3 is 0 Å². The minimum Gasteiger partial charge on any atom is -0.484 e. The third-order valence-electron chi connectivity index (χ3n) is 5.42. The quantitative estimate of drug-likeness (QED) is 0.920. The van der Waals surface area contributed by atoms with Gasteiger partial charge in [-0.3, -0.25) is 4.79 Å². The van der Waals surface area contributed by atoms with Crippen molar-refractivity contribution in [3.05, 3.63) is 29.8 Å². The van der Waals surface area contributed by atoms with Gasteiger partial charge in [-0.1, -0.05) is 0 Å². The molecular weight excluding hydrogens is 264 g/mol. The zero-order valence-electron chi connectivity index (χ0n) is 11.8. The number of rotatable bonds is 4. The Morgan fingerprint density at radius 3 is 2.52 bits per heavy atom. The van der Waals surface area contributed by atoms with Gasteiger partial charge in [-0.2, -0.15) is 5.26 Å². The van der Waals surface area contributed by atoms with E-state index >= 15 is 0 Å². The maximum atomic E-state index is 12.0. The first-order chi connectivity index (χ1) is 10.3. The highest BCUT2D eigenvalue weighted by Gasteiger charge is 2.65. The van der Waals surface area contributed by atoms with Crippen molar-refractivity contribution in [3.63, 3.8) is 0 Å². The van der Waals surface area contributed by atoms with Crippen molar-refractivity contribution >= 4 is 5.91 Å². The lowest BCUT2D eigenvalue weighted by Crippen LogP contribution is -2.33. The summed E-state index contributed by atoms with van der Waals surface area (Å²) in [7, 11) is 0. The summed E-state index contributed by atoms with van der Waals surface area (Å²) < 4.78 is 5.47. The van der Waals surface area contributed by atoms with Gasteiger partial charge in [0.15, 0.2) is 6.61 Å². The Morgan fingerprint density at radius 1 is 1.24 bits per heavy atom. The summed E-state index contributed by atoms with van der Waals surface area (Å²) in [6, 6.07) is 9.29. The lowest BCUT2D eigenvalue weighted by atomic mass is 10.0. The standard InChI is InChI=1S/C17H18N2O2/c18-8-10-1-5-13(6-2-10)21-9-14(20)19-17-15-11-3-4-12(7-11)16(15)17/h1-2,5-6,11-12,15-17H,3-4,7,9H2,(H,19,20). The Bertz CT molecular complexity index is 588. The molecule has 3 aliphatic carbocycles. The van der Waals surface area contributed by atoms with E-state index in [1.54, 1.807) is 24.3 Å². The zero-order chi connectivity index (χ0) is 14.4. The fourth-order valence-electron chi connectivity index (χ4n) is 4.52. The highest BCUT2D eigenvalue weighted by Crippen LogP contribution is 2.65. The van der Waals surface area contributed by atoms with E-state index in [1.807, 2.05) is 0 Å². The molecule has 0 aromatic heterocycles. The highest BCUT2D eigenvalue weighted by atomic mass is 16.5. The molecule has 21 heavy (non-hydrogen) atoms. The average molecular weight is 282 g/mol. The second-order valence-electron chi connectivity index (χ2n) is 6.51. The molecule has 4 nitrogen and oxygen atoms in total. The molecule has 4 unspecified atom stereocenters. The predicted octanol–water partition coefficient (Wildman–Crippen LogP) is 2.10. The van der Waals surface area contributed by atoms with Crippen LogP contribution in [0.5, 0.6) is 5.75 Å². The number of nitrogens with zero attached hydrogens (tertiary/aromatic N) is 1. The SMILES string of the molecule is N#Cc1ccc(OCC(=O)NC2C3C4CCC(C4)C23)cc1. The Balaban J connectivity index is 1.26. The van der Waals surface area contributed by atoms with Crippen LogP contribution in [0.15, 0.2) is 24.3 Å². The highest BCUT2D eigenvalue weighted by molar-refractivity contribution is 5.78. The minimum atomic E-state index is -0.0295. The molecule has 0 radical (unpaired) electrons. The largest absolute Gasteiger partial charge is 0.484 e.